The van der Waals surface area contributed by atoms with Crippen molar-refractivity contribution in [2.45, 2.75) is 72.0 Å². The lowest BCUT2D eigenvalue weighted by Crippen LogP contribution is -2.50. The van der Waals surface area contributed by atoms with Crippen LogP contribution >= 0.6 is 0 Å². The Hall–Kier alpha value is -3.02. The molecule has 2 amide bonds. The number of nitrogens with zero attached hydrogens (tertiary/aromatic N) is 1. The maximum atomic E-state index is 13.4. The molecule has 0 aliphatic carbocycles. The van der Waals surface area contributed by atoms with E-state index in [9.17, 15) is 9.59 Å². The van der Waals surface area contributed by atoms with E-state index < -0.39 is 6.04 Å². The summed E-state index contributed by atoms with van der Waals surface area (Å²) in [5, 5.41) is 3.06. The molecule has 0 radical (unpaired) electrons. The summed E-state index contributed by atoms with van der Waals surface area (Å²) in [5.41, 5.74) is 3.17. The molecule has 0 unspecified atom stereocenters. The van der Waals surface area contributed by atoms with Crippen molar-refractivity contribution in [2.24, 2.45) is 0 Å². The van der Waals surface area contributed by atoms with Crippen molar-refractivity contribution in [1.29, 1.82) is 0 Å². The van der Waals surface area contributed by atoms with E-state index in [0.717, 1.165) is 34.6 Å². The Labute approximate surface area is 197 Å². The number of fused-ring (bicyclic) bond motifs is 1. The molecule has 2 aromatic rings. The summed E-state index contributed by atoms with van der Waals surface area (Å²) in [7, 11) is 0. The second-order valence-corrected chi connectivity index (χ2v) is 8.73. The van der Waals surface area contributed by atoms with Crippen LogP contribution in [0.15, 0.2) is 42.5 Å². The third kappa shape index (κ3) is 6.73. The number of nitrogens with one attached hydrogen (secondary N) is 1. The Morgan fingerprint density at radius 3 is 2.45 bits per heavy atom. The number of hydrogen-bond acceptors (Lipinski definition) is 4. The summed E-state index contributed by atoms with van der Waals surface area (Å²) in [5.74, 6) is 1.34. The monoisotopic (exact) mass is 452 g/mol. The van der Waals surface area contributed by atoms with Crippen LogP contribution in [-0.2, 0) is 22.6 Å². The van der Waals surface area contributed by atoms with Gasteiger partial charge in [-0.05, 0) is 56.4 Å². The molecule has 0 saturated heterocycles. The summed E-state index contributed by atoms with van der Waals surface area (Å²) in [6.45, 7) is 9.50. The Balaban J connectivity index is 1.76. The fourth-order valence-corrected chi connectivity index (χ4v) is 4.01. The van der Waals surface area contributed by atoms with Crippen molar-refractivity contribution in [3.63, 3.8) is 0 Å². The zero-order valence-corrected chi connectivity index (χ0v) is 20.2. The van der Waals surface area contributed by atoms with E-state index in [1.54, 1.807) is 4.90 Å². The molecule has 0 saturated carbocycles. The topological polar surface area (TPSA) is 67.9 Å². The Morgan fingerprint density at radius 2 is 1.76 bits per heavy atom. The van der Waals surface area contributed by atoms with E-state index in [1.807, 2.05) is 64.1 Å². The molecule has 0 spiro atoms. The summed E-state index contributed by atoms with van der Waals surface area (Å²) in [6, 6.07) is 13.5. The van der Waals surface area contributed by atoms with Crippen LogP contribution in [-0.4, -0.2) is 42.0 Å². The number of benzene rings is 2. The van der Waals surface area contributed by atoms with Crippen LogP contribution in [0.3, 0.4) is 0 Å². The van der Waals surface area contributed by atoms with Gasteiger partial charge in [0, 0.05) is 19.0 Å². The van der Waals surface area contributed by atoms with Crippen LogP contribution in [0.25, 0.3) is 0 Å². The van der Waals surface area contributed by atoms with Crippen molar-refractivity contribution in [3.8, 4) is 11.5 Å². The SMILES string of the molecule is CC[C@H](C(=O)N[C@@H](C)CC)N(Cc1cccc(C)c1)C(=O)CCc1ccc2c(c1)OCCO2. The van der Waals surface area contributed by atoms with Gasteiger partial charge in [0.2, 0.25) is 11.8 Å². The van der Waals surface area contributed by atoms with Crippen molar-refractivity contribution >= 4 is 11.8 Å². The molecule has 0 bridgehead atoms. The highest BCUT2D eigenvalue weighted by Crippen LogP contribution is 2.31. The molecule has 2 aromatic carbocycles. The van der Waals surface area contributed by atoms with Crippen LogP contribution in [0.1, 0.15) is 56.7 Å². The number of ether oxygens (including phenoxy) is 2. The first-order chi connectivity index (χ1) is 15.9. The number of amides is 2. The first-order valence-corrected chi connectivity index (χ1v) is 11.9. The fraction of sp³-hybridized carbons (Fsp3) is 0.481. The smallest absolute Gasteiger partial charge is 0.243 e. The number of carbonyl (C=O) groups excluding carboxylic acids is 2. The molecule has 0 aromatic heterocycles. The zero-order valence-electron chi connectivity index (χ0n) is 20.2. The highest BCUT2D eigenvalue weighted by atomic mass is 16.6. The summed E-state index contributed by atoms with van der Waals surface area (Å²) in [4.78, 5) is 28.2. The van der Waals surface area contributed by atoms with E-state index in [4.69, 9.17) is 9.47 Å². The average molecular weight is 453 g/mol. The van der Waals surface area contributed by atoms with Gasteiger partial charge in [-0.25, -0.2) is 0 Å². The molecule has 0 fully saturated rings. The van der Waals surface area contributed by atoms with Crippen molar-refractivity contribution in [3.05, 3.63) is 59.2 Å². The van der Waals surface area contributed by atoms with Gasteiger partial charge in [-0.1, -0.05) is 49.7 Å². The molecule has 1 N–H and O–H groups in total. The molecule has 6 heteroatoms. The van der Waals surface area contributed by atoms with Gasteiger partial charge in [-0.3, -0.25) is 9.59 Å². The van der Waals surface area contributed by atoms with Crippen molar-refractivity contribution in [1.82, 2.24) is 10.2 Å². The Morgan fingerprint density at radius 1 is 1.00 bits per heavy atom. The van der Waals surface area contributed by atoms with Gasteiger partial charge in [0.15, 0.2) is 11.5 Å². The maximum absolute atomic E-state index is 13.4. The molecule has 1 aliphatic rings. The third-order valence-corrected chi connectivity index (χ3v) is 6.06. The Kier molecular flexibility index (Phi) is 8.75. The standard InChI is InChI=1S/C27H36N2O4/c1-5-20(4)28-27(31)23(6-2)29(18-22-9-7-8-19(3)16-22)26(30)13-11-21-10-12-24-25(17-21)33-15-14-32-24/h7-10,12,16-17,20,23H,5-6,11,13-15,18H2,1-4H3,(H,28,31)/t20-,23+/m0/s1. The van der Waals surface area contributed by atoms with Crippen LogP contribution in [0, 0.1) is 6.92 Å². The number of hydrogen-bond donors (Lipinski definition) is 1. The van der Waals surface area contributed by atoms with Gasteiger partial charge in [-0.15, -0.1) is 0 Å². The number of carbonyl (C=O) groups is 2. The van der Waals surface area contributed by atoms with Gasteiger partial charge in [0.05, 0.1) is 0 Å². The first-order valence-electron chi connectivity index (χ1n) is 11.9. The zero-order chi connectivity index (χ0) is 23.8. The molecule has 33 heavy (non-hydrogen) atoms. The Bertz CT molecular complexity index is 959. The molecular formula is C27H36N2O4. The number of rotatable bonds is 10. The predicted octanol–water partition coefficient (Wildman–Crippen LogP) is 4.42. The van der Waals surface area contributed by atoms with E-state index in [2.05, 4.69) is 11.4 Å². The molecule has 1 heterocycles. The first kappa shape index (κ1) is 24.6. The normalized spacial score (nSPS) is 14.3. The highest BCUT2D eigenvalue weighted by molar-refractivity contribution is 5.88. The molecule has 1 aliphatic heterocycles. The quantitative estimate of drug-likeness (QED) is 0.579. The minimum atomic E-state index is -0.507. The molecule has 6 nitrogen and oxygen atoms in total. The lowest BCUT2D eigenvalue weighted by atomic mass is 10.0. The van der Waals surface area contributed by atoms with Crippen molar-refractivity contribution in [2.75, 3.05) is 13.2 Å². The molecule has 178 valence electrons. The van der Waals surface area contributed by atoms with Gasteiger partial charge >= 0.3 is 0 Å². The van der Waals surface area contributed by atoms with Gasteiger partial charge in [0.1, 0.15) is 19.3 Å². The average Bonchev–Trinajstić information content (AvgIpc) is 2.82. The largest absolute Gasteiger partial charge is 0.486 e. The van der Waals surface area contributed by atoms with Crippen LogP contribution in [0.2, 0.25) is 0 Å². The molecule has 3 rings (SSSR count). The summed E-state index contributed by atoms with van der Waals surface area (Å²) >= 11 is 0. The molecule has 2 atom stereocenters. The highest BCUT2D eigenvalue weighted by Gasteiger charge is 2.29. The van der Waals surface area contributed by atoms with Crippen LogP contribution in [0.5, 0.6) is 11.5 Å². The predicted molar refractivity (Wildman–Crippen MR) is 129 cm³/mol. The lowest BCUT2D eigenvalue weighted by molar-refractivity contribution is -0.141. The van der Waals surface area contributed by atoms with Gasteiger partial charge in [-0.2, -0.15) is 0 Å². The van der Waals surface area contributed by atoms with Crippen LogP contribution in [0.4, 0.5) is 0 Å². The van der Waals surface area contributed by atoms with E-state index in [-0.39, 0.29) is 17.9 Å². The lowest BCUT2D eigenvalue weighted by Gasteiger charge is -2.31. The van der Waals surface area contributed by atoms with Crippen molar-refractivity contribution < 1.29 is 19.1 Å². The maximum Gasteiger partial charge on any atom is 0.243 e. The minimum Gasteiger partial charge on any atom is -0.486 e. The second-order valence-electron chi connectivity index (χ2n) is 8.73. The fourth-order valence-electron chi connectivity index (χ4n) is 4.01. The summed E-state index contributed by atoms with van der Waals surface area (Å²) in [6.07, 6.45) is 2.30. The molecular weight excluding hydrogens is 416 g/mol. The van der Waals surface area contributed by atoms with Gasteiger partial charge < -0.3 is 19.7 Å². The minimum absolute atomic E-state index is 0.0300. The number of aryl methyl sites for hydroxylation is 2. The van der Waals surface area contributed by atoms with Crippen LogP contribution < -0.4 is 14.8 Å². The summed E-state index contributed by atoms with van der Waals surface area (Å²) < 4.78 is 11.3. The van der Waals surface area contributed by atoms with E-state index in [1.165, 1.54) is 0 Å². The van der Waals surface area contributed by atoms with E-state index in [0.29, 0.717) is 39.0 Å². The third-order valence-electron chi connectivity index (χ3n) is 6.06. The second kappa shape index (κ2) is 11.7. The van der Waals surface area contributed by atoms with Gasteiger partial charge in [0.25, 0.3) is 0 Å². The van der Waals surface area contributed by atoms with E-state index >= 15 is 0 Å².